The molecule has 2 aromatic rings. The van der Waals surface area contributed by atoms with E-state index < -0.39 is 4.92 Å². The number of aromatic amines is 1. The van der Waals surface area contributed by atoms with E-state index in [9.17, 15) is 15.2 Å². The zero-order valence-corrected chi connectivity index (χ0v) is 10.6. The van der Waals surface area contributed by atoms with E-state index >= 15 is 0 Å². The van der Waals surface area contributed by atoms with Crippen LogP contribution in [0.1, 0.15) is 5.56 Å². The van der Waals surface area contributed by atoms with Crippen molar-refractivity contribution in [1.82, 2.24) is 4.98 Å². The Morgan fingerprint density at radius 3 is 2.84 bits per heavy atom. The molecule has 2 rings (SSSR count). The van der Waals surface area contributed by atoms with Crippen molar-refractivity contribution >= 4 is 39.6 Å². The molecule has 19 heavy (non-hydrogen) atoms. The molecule has 0 spiro atoms. The van der Waals surface area contributed by atoms with Crippen molar-refractivity contribution in [3.05, 3.63) is 27.8 Å². The van der Waals surface area contributed by atoms with E-state index in [4.69, 9.17) is 5.73 Å². The summed E-state index contributed by atoms with van der Waals surface area (Å²) in [5.41, 5.74) is 6.29. The fourth-order valence-electron chi connectivity index (χ4n) is 1.73. The number of thiocarbonyl (C=S) groups is 1. The van der Waals surface area contributed by atoms with E-state index in [1.807, 2.05) is 0 Å². The van der Waals surface area contributed by atoms with Gasteiger partial charge in [0.2, 0.25) is 11.0 Å². The first-order valence-electron chi connectivity index (χ1n) is 5.11. The molecule has 1 aromatic carbocycles. The monoisotopic (exact) mass is 279 g/mol. The van der Waals surface area contributed by atoms with Crippen molar-refractivity contribution in [2.45, 2.75) is 6.92 Å². The van der Waals surface area contributed by atoms with Crippen LogP contribution in [0.3, 0.4) is 0 Å². The number of nitrogens with two attached hydrogens (primary N) is 1. The highest BCUT2D eigenvalue weighted by atomic mass is 32.1. The molecule has 0 amide bonds. The summed E-state index contributed by atoms with van der Waals surface area (Å²) >= 11 is 4.55. The number of non-ortho nitro benzene ring substituents is 1. The SMILES string of the molecule is Cc1cc([N+](=O)[O-])cc2c(N=NC(N)=S)c(O)[nH]c12. The Balaban J connectivity index is 2.73. The van der Waals surface area contributed by atoms with Crippen LogP contribution in [0.2, 0.25) is 0 Å². The molecule has 0 saturated heterocycles. The third-order valence-electron chi connectivity index (χ3n) is 2.50. The highest BCUT2D eigenvalue weighted by Crippen LogP contribution is 2.38. The van der Waals surface area contributed by atoms with Gasteiger partial charge >= 0.3 is 0 Å². The summed E-state index contributed by atoms with van der Waals surface area (Å²) in [5, 5.41) is 27.9. The van der Waals surface area contributed by atoms with Gasteiger partial charge < -0.3 is 15.8 Å². The lowest BCUT2D eigenvalue weighted by Crippen LogP contribution is -2.01. The maximum absolute atomic E-state index is 10.8. The summed E-state index contributed by atoms with van der Waals surface area (Å²) in [7, 11) is 0. The number of hydrogen-bond acceptors (Lipinski definition) is 5. The quantitative estimate of drug-likeness (QED) is 0.336. The molecule has 0 aliphatic rings. The lowest BCUT2D eigenvalue weighted by atomic mass is 10.1. The summed E-state index contributed by atoms with van der Waals surface area (Å²) in [4.78, 5) is 13.0. The predicted octanol–water partition coefficient (Wildman–Crippen LogP) is 2.42. The summed E-state index contributed by atoms with van der Waals surface area (Å²) in [6, 6.07) is 2.69. The van der Waals surface area contributed by atoms with E-state index in [2.05, 4.69) is 27.4 Å². The van der Waals surface area contributed by atoms with E-state index in [0.717, 1.165) is 0 Å². The van der Waals surface area contributed by atoms with Crippen molar-refractivity contribution in [2.75, 3.05) is 0 Å². The standard InChI is InChI=1S/C10H9N5O3S/c1-4-2-5(15(17)18)3-6-7(4)12-9(16)8(6)13-14-10(11)19/h2-3,12,16H,1H3,(H2,11,19). The number of fused-ring (bicyclic) bond motifs is 1. The molecule has 0 bridgehead atoms. The summed E-state index contributed by atoms with van der Waals surface area (Å²) < 4.78 is 0. The van der Waals surface area contributed by atoms with Gasteiger partial charge in [0.25, 0.3) is 5.69 Å². The van der Waals surface area contributed by atoms with Crippen LogP contribution >= 0.6 is 12.2 Å². The van der Waals surface area contributed by atoms with E-state index in [1.54, 1.807) is 6.92 Å². The van der Waals surface area contributed by atoms with Gasteiger partial charge in [-0.25, -0.2) is 0 Å². The average molecular weight is 279 g/mol. The number of azo groups is 1. The van der Waals surface area contributed by atoms with Crippen molar-refractivity contribution < 1.29 is 10.0 Å². The fraction of sp³-hybridized carbons (Fsp3) is 0.100. The van der Waals surface area contributed by atoms with Gasteiger partial charge in [-0.1, -0.05) is 0 Å². The molecule has 0 unspecified atom stereocenters. The highest BCUT2D eigenvalue weighted by Gasteiger charge is 2.17. The molecule has 0 aliphatic heterocycles. The molecular formula is C10H9N5O3S. The number of H-pyrrole nitrogens is 1. The second-order valence-electron chi connectivity index (χ2n) is 3.80. The second-order valence-corrected chi connectivity index (χ2v) is 4.22. The zero-order valence-electron chi connectivity index (χ0n) is 9.75. The van der Waals surface area contributed by atoms with Gasteiger partial charge in [0.1, 0.15) is 0 Å². The highest BCUT2D eigenvalue weighted by molar-refractivity contribution is 7.80. The van der Waals surface area contributed by atoms with Gasteiger partial charge in [0.15, 0.2) is 5.69 Å². The molecule has 1 heterocycles. The first-order chi connectivity index (χ1) is 8.90. The van der Waals surface area contributed by atoms with Crippen LogP contribution in [-0.2, 0) is 0 Å². The maximum Gasteiger partial charge on any atom is 0.270 e. The molecule has 0 saturated carbocycles. The van der Waals surface area contributed by atoms with Crippen molar-refractivity contribution in [2.24, 2.45) is 16.0 Å². The second kappa shape index (κ2) is 4.61. The first kappa shape index (κ1) is 12.9. The van der Waals surface area contributed by atoms with Crippen LogP contribution in [-0.4, -0.2) is 20.1 Å². The molecule has 0 fully saturated rings. The smallest absolute Gasteiger partial charge is 0.270 e. The minimum atomic E-state index is -0.523. The van der Waals surface area contributed by atoms with Crippen LogP contribution < -0.4 is 5.73 Å². The molecule has 9 heteroatoms. The Hall–Kier alpha value is -2.55. The largest absolute Gasteiger partial charge is 0.493 e. The van der Waals surface area contributed by atoms with Gasteiger partial charge in [0.05, 0.1) is 10.4 Å². The van der Waals surface area contributed by atoms with E-state index in [0.29, 0.717) is 16.5 Å². The van der Waals surface area contributed by atoms with E-state index in [-0.39, 0.29) is 22.4 Å². The van der Waals surface area contributed by atoms with Crippen LogP contribution in [0.5, 0.6) is 5.88 Å². The number of rotatable bonds is 2. The first-order valence-corrected chi connectivity index (χ1v) is 5.52. The fourth-order valence-corrected chi connectivity index (χ4v) is 1.77. The van der Waals surface area contributed by atoms with Crippen LogP contribution in [0.15, 0.2) is 22.4 Å². The number of hydrogen-bond donors (Lipinski definition) is 3. The molecule has 8 nitrogen and oxygen atoms in total. The Labute approximate surface area is 112 Å². The minimum absolute atomic E-state index is 0.0644. The number of aromatic nitrogens is 1. The van der Waals surface area contributed by atoms with Gasteiger partial charge in [-0.2, -0.15) is 0 Å². The van der Waals surface area contributed by atoms with Crippen LogP contribution in [0, 0.1) is 17.0 Å². The van der Waals surface area contributed by atoms with Crippen molar-refractivity contribution in [3.8, 4) is 5.88 Å². The summed E-state index contributed by atoms with van der Waals surface area (Å²) in [6.45, 7) is 1.68. The average Bonchev–Trinajstić information content (AvgIpc) is 2.63. The number of nitro benzene ring substituents is 1. The third kappa shape index (κ3) is 2.36. The minimum Gasteiger partial charge on any atom is -0.493 e. The van der Waals surface area contributed by atoms with Crippen LogP contribution in [0.4, 0.5) is 11.4 Å². The number of benzene rings is 1. The molecule has 0 radical (unpaired) electrons. The Morgan fingerprint density at radius 2 is 2.26 bits per heavy atom. The summed E-state index contributed by atoms with van der Waals surface area (Å²) in [6.07, 6.45) is 0. The van der Waals surface area contributed by atoms with E-state index in [1.165, 1.54) is 12.1 Å². The number of aryl methyl sites for hydroxylation is 1. The summed E-state index contributed by atoms with van der Waals surface area (Å²) in [5.74, 6) is -0.251. The predicted molar refractivity (Wildman–Crippen MR) is 72.7 cm³/mol. The van der Waals surface area contributed by atoms with Gasteiger partial charge in [-0.3, -0.25) is 10.1 Å². The lowest BCUT2D eigenvalue weighted by Gasteiger charge is -1.97. The lowest BCUT2D eigenvalue weighted by molar-refractivity contribution is -0.384. The van der Waals surface area contributed by atoms with Crippen molar-refractivity contribution in [3.63, 3.8) is 0 Å². The van der Waals surface area contributed by atoms with Gasteiger partial charge in [-0.15, -0.1) is 10.2 Å². The zero-order chi connectivity index (χ0) is 14.2. The Bertz CT molecular complexity index is 722. The van der Waals surface area contributed by atoms with Gasteiger partial charge in [-0.05, 0) is 24.7 Å². The third-order valence-corrected chi connectivity index (χ3v) is 2.58. The molecule has 4 N–H and O–H groups in total. The molecule has 1 aromatic heterocycles. The van der Waals surface area contributed by atoms with Crippen LogP contribution in [0.25, 0.3) is 10.9 Å². The maximum atomic E-state index is 10.8. The van der Waals surface area contributed by atoms with Crippen molar-refractivity contribution in [1.29, 1.82) is 0 Å². The Morgan fingerprint density at radius 1 is 1.58 bits per heavy atom. The van der Waals surface area contributed by atoms with Gasteiger partial charge in [0, 0.05) is 17.5 Å². The molecule has 0 atom stereocenters. The number of nitrogens with one attached hydrogen (secondary N) is 1. The number of nitrogens with zero attached hydrogens (tertiary/aromatic N) is 3. The molecule has 98 valence electrons. The topological polar surface area (TPSA) is 130 Å². The Kier molecular flexibility index (Phi) is 3.13. The number of nitro groups is 1. The number of aromatic hydroxyl groups is 1. The molecule has 0 aliphatic carbocycles. The molecular weight excluding hydrogens is 270 g/mol. The normalized spacial score (nSPS) is 11.2.